The molecule has 0 fully saturated rings. The zero-order chi connectivity index (χ0) is 11.3. The molecule has 1 aromatic rings. The van der Waals surface area contributed by atoms with Gasteiger partial charge in [0.1, 0.15) is 0 Å². The standard InChI is InChI=1S/C12H16O2S/c1-10(2)8-15(14)9-12(13)11-6-4-3-5-7-11/h3-7,10H,8-9H2,1-2H3. The minimum Gasteiger partial charge on any atom is -0.293 e. The van der Waals surface area contributed by atoms with Gasteiger partial charge in [-0.3, -0.25) is 9.00 Å². The van der Waals surface area contributed by atoms with Crippen molar-refractivity contribution in [3.8, 4) is 0 Å². The van der Waals surface area contributed by atoms with Gasteiger partial charge >= 0.3 is 0 Å². The summed E-state index contributed by atoms with van der Waals surface area (Å²) in [6.07, 6.45) is 0. The highest BCUT2D eigenvalue weighted by Crippen LogP contribution is 2.03. The van der Waals surface area contributed by atoms with Gasteiger partial charge in [-0.25, -0.2) is 0 Å². The Morgan fingerprint density at radius 3 is 2.40 bits per heavy atom. The third kappa shape index (κ3) is 4.38. The highest BCUT2D eigenvalue weighted by molar-refractivity contribution is 7.85. The fourth-order valence-electron chi connectivity index (χ4n) is 1.28. The zero-order valence-electron chi connectivity index (χ0n) is 9.10. The second-order valence-corrected chi connectivity index (χ2v) is 5.44. The van der Waals surface area contributed by atoms with Crippen LogP contribution in [0.4, 0.5) is 0 Å². The van der Waals surface area contributed by atoms with Crippen LogP contribution in [0.5, 0.6) is 0 Å². The summed E-state index contributed by atoms with van der Waals surface area (Å²) in [7, 11) is -1.03. The Morgan fingerprint density at radius 2 is 1.87 bits per heavy atom. The molecule has 0 aliphatic carbocycles. The Labute approximate surface area is 93.2 Å². The van der Waals surface area contributed by atoms with E-state index in [4.69, 9.17) is 0 Å². The summed E-state index contributed by atoms with van der Waals surface area (Å²) in [6.45, 7) is 4.01. The quantitative estimate of drug-likeness (QED) is 0.719. The molecule has 0 bridgehead atoms. The van der Waals surface area contributed by atoms with Gasteiger partial charge in [0.2, 0.25) is 0 Å². The number of rotatable bonds is 5. The maximum absolute atomic E-state index is 11.6. The number of carbonyl (C=O) groups is 1. The smallest absolute Gasteiger partial charge is 0.175 e. The van der Waals surface area contributed by atoms with E-state index in [0.29, 0.717) is 17.2 Å². The van der Waals surface area contributed by atoms with Crippen LogP contribution >= 0.6 is 0 Å². The number of hydrogen-bond donors (Lipinski definition) is 0. The minimum atomic E-state index is -1.03. The van der Waals surface area contributed by atoms with Crippen molar-refractivity contribution in [2.45, 2.75) is 13.8 Å². The first-order valence-corrected chi connectivity index (χ1v) is 6.51. The van der Waals surface area contributed by atoms with Crippen molar-refractivity contribution < 1.29 is 9.00 Å². The summed E-state index contributed by atoms with van der Waals surface area (Å²) >= 11 is 0. The van der Waals surface area contributed by atoms with Crippen molar-refractivity contribution in [3.05, 3.63) is 35.9 Å². The van der Waals surface area contributed by atoms with Gasteiger partial charge in [0.15, 0.2) is 5.78 Å². The average Bonchev–Trinajstić information content (AvgIpc) is 2.17. The van der Waals surface area contributed by atoms with Crippen LogP contribution in [0.25, 0.3) is 0 Å². The molecule has 0 amide bonds. The van der Waals surface area contributed by atoms with E-state index < -0.39 is 10.8 Å². The van der Waals surface area contributed by atoms with Crippen LogP contribution in [0.15, 0.2) is 30.3 Å². The van der Waals surface area contributed by atoms with Crippen LogP contribution in [0.3, 0.4) is 0 Å². The normalized spacial score (nSPS) is 12.7. The lowest BCUT2D eigenvalue weighted by Crippen LogP contribution is -2.15. The topological polar surface area (TPSA) is 34.1 Å². The maximum atomic E-state index is 11.6. The molecule has 0 N–H and O–H groups in total. The monoisotopic (exact) mass is 224 g/mol. The molecule has 1 rings (SSSR count). The van der Waals surface area contributed by atoms with E-state index in [2.05, 4.69) is 0 Å². The molecule has 0 aliphatic heterocycles. The van der Waals surface area contributed by atoms with E-state index in [1.807, 2.05) is 32.0 Å². The largest absolute Gasteiger partial charge is 0.293 e. The molecule has 0 aromatic heterocycles. The van der Waals surface area contributed by atoms with Crippen molar-refractivity contribution in [1.82, 2.24) is 0 Å². The average molecular weight is 224 g/mol. The van der Waals surface area contributed by atoms with Crippen LogP contribution in [0, 0.1) is 5.92 Å². The van der Waals surface area contributed by atoms with Gasteiger partial charge < -0.3 is 0 Å². The van der Waals surface area contributed by atoms with Crippen LogP contribution in [0.1, 0.15) is 24.2 Å². The molecule has 0 radical (unpaired) electrons. The van der Waals surface area contributed by atoms with E-state index >= 15 is 0 Å². The van der Waals surface area contributed by atoms with Gasteiger partial charge in [0.25, 0.3) is 0 Å². The van der Waals surface area contributed by atoms with E-state index in [0.717, 1.165) is 0 Å². The first-order chi connectivity index (χ1) is 7.09. The van der Waals surface area contributed by atoms with E-state index in [-0.39, 0.29) is 11.5 Å². The maximum Gasteiger partial charge on any atom is 0.175 e. The van der Waals surface area contributed by atoms with Gasteiger partial charge in [-0.15, -0.1) is 0 Å². The van der Waals surface area contributed by atoms with Crippen molar-refractivity contribution in [1.29, 1.82) is 0 Å². The number of hydrogen-bond acceptors (Lipinski definition) is 2. The number of carbonyl (C=O) groups excluding carboxylic acids is 1. The van der Waals surface area contributed by atoms with Gasteiger partial charge in [-0.2, -0.15) is 0 Å². The lowest BCUT2D eigenvalue weighted by Gasteiger charge is -2.04. The highest BCUT2D eigenvalue weighted by Gasteiger charge is 2.11. The van der Waals surface area contributed by atoms with Crippen molar-refractivity contribution in [2.24, 2.45) is 5.92 Å². The summed E-state index contributed by atoms with van der Waals surface area (Å²) in [5, 5.41) is 0. The van der Waals surface area contributed by atoms with Crippen LogP contribution in [0.2, 0.25) is 0 Å². The van der Waals surface area contributed by atoms with Gasteiger partial charge in [0.05, 0.1) is 5.75 Å². The van der Waals surface area contributed by atoms with E-state index in [1.54, 1.807) is 12.1 Å². The SMILES string of the molecule is CC(C)CS(=O)CC(=O)c1ccccc1. The molecule has 0 saturated heterocycles. The van der Waals surface area contributed by atoms with Crippen LogP contribution < -0.4 is 0 Å². The molecule has 0 saturated carbocycles. The second kappa shape index (κ2) is 5.81. The molecular weight excluding hydrogens is 208 g/mol. The molecule has 0 aliphatic rings. The molecule has 0 spiro atoms. The third-order valence-electron chi connectivity index (χ3n) is 1.91. The summed E-state index contributed by atoms with van der Waals surface area (Å²) in [5.41, 5.74) is 0.648. The highest BCUT2D eigenvalue weighted by atomic mass is 32.2. The molecule has 15 heavy (non-hydrogen) atoms. The van der Waals surface area contributed by atoms with E-state index in [1.165, 1.54) is 0 Å². The molecule has 1 aromatic carbocycles. The Morgan fingerprint density at radius 1 is 1.27 bits per heavy atom. The Balaban J connectivity index is 2.53. The van der Waals surface area contributed by atoms with Crippen molar-refractivity contribution in [3.63, 3.8) is 0 Å². The number of ketones is 1. The van der Waals surface area contributed by atoms with Crippen LogP contribution in [-0.4, -0.2) is 21.5 Å². The molecule has 2 nitrogen and oxygen atoms in total. The van der Waals surface area contributed by atoms with Crippen molar-refractivity contribution in [2.75, 3.05) is 11.5 Å². The fourth-order valence-corrected chi connectivity index (χ4v) is 2.60. The molecule has 3 heteroatoms. The van der Waals surface area contributed by atoms with Gasteiger partial charge in [-0.05, 0) is 5.92 Å². The van der Waals surface area contributed by atoms with Crippen molar-refractivity contribution >= 4 is 16.6 Å². The first-order valence-electron chi connectivity index (χ1n) is 5.03. The predicted molar refractivity (Wildman–Crippen MR) is 63.5 cm³/mol. The molecule has 82 valence electrons. The van der Waals surface area contributed by atoms with Gasteiger partial charge in [0, 0.05) is 22.1 Å². The fraction of sp³-hybridized carbons (Fsp3) is 0.417. The molecular formula is C12H16O2S. The predicted octanol–water partition coefficient (Wildman–Crippen LogP) is 2.27. The molecule has 1 atom stereocenters. The Hall–Kier alpha value is -0.960. The summed E-state index contributed by atoms with van der Waals surface area (Å²) in [6, 6.07) is 9.02. The number of Topliss-reactive ketones (excluding diaryl/α,β-unsaturated/α-hetero) is 1. The molecule has 0 heterocycles. The second-order valence-electron chi connectivity index (χ2n) is 3.93. The third-order valence-corrected chi connectivity index (χ3v) is 3.53. The minimum absolute atomic E-state index is 0.0328. The summed E-state index contributed by atoms with van der Waals surface area (Å²) in [5.74, 6) is 1.07. The summed E-state index contributed by atoms with van der Waals surface area (Å²) < 4.78 is 11.5. The summed E-state index contributed by atoms with van der Waals surface area (Å²) in [4.78, 5) is 11.6. The Bertz CT molecular complexity index is 344. The van der Waals surface area contributed by atoms with Gasteiger partial charge in [-0.1, -0.05) is 44.2 Å². The lowest BCUT2D eigenvalue weighted by molar-refractivity contribution is 0.102. The zero-order valence-corrected chi connectivity index (χ0v) is 9.92. The molecule has 1 unspecified atom stereocenters. The first kappa shape index (κ1) is 12.1. The lowest BCUT2D eigenvalue weighted by atomic mass is 10.2. The van der Waals surface area contributed by atoms with E-state index in [9.17, 15) is 9.00 Å². The number of benzene rings is 1. The Kier molecular flexibility index (Phi) is 4.69. The van der Waals surface area contributed by atoms with Crippen LogP contribution in [-0.2, 0) is 10.8 Å².